The van der Waals surface area contributed by atoms with Gasteiger partial charge in [-0.15, -0.1) is 0 Å². The molecule has 0 fully saturated rings. The molecule has 1 amide bonds. The van der Waals surface area contributed by atoms with Crippen molar-refractivity contribution in [3.8, 4) is 17.6 Å². The number of nitriles is 1. The quantitative estimate of drug-likeness (QED) is 0.689. The van der Waals surface area contributed by atoms with Crippen LogP contribution in [0.4, 0.5) is 5.69 Å². The van der Waals surface area contributed by atoms with Crippen molar-refractivity contribution in [2.24, 2.45) is 5.73 Å². The van der Waals surface area contributed by atoms with Crippen molar-refractivity contribution in [3.05, 3.63) is 59.8 Å². The molecule has 3 aromatic rings. The first-order chi connectivity index (χ1) is 12.6. The Morgan fingerprint density at radius 1 is 1.27 bits per heavy atom. The van der Waals surface area contributed by atoms with Crippen molar-refractivity contribution in [1.82, 2.24) is 4.98 Å². The first kappa shape index (κ1) is 16.0. The predicted molar refractivity (Wildman–Crippen MR) is 93.9 cm³/mol. The lowest BCUT2D eigenvalue weighted by molar-refractivity contribution is -0.125. The number of amides is 1. The molecular weight excluding hydrogens is 332 g/mol. The zero-order valence-electron chi connectivity index (χ0n) is 13.6. The van der Waals surface area contributed by atoms with Gasteiger partial charge in [-0.1, -0.05) is 0 Å². The number of hydrogen-bond donors (Lipinski definition) is 2. The van der Waals surface area contributed by atoms with E-state index in [1.165, 1.54) is 0 Å². The number of fused-ring (bicyclic) bond motifs is 2. The van der Waals surface area contributed by atoms with Gasteiger partial charge < -0.3 is 10.5 Å². The second-order valence-electron chi connectivity index (χ2n) is 6.01. The van der Waals surface area contributed by atoms with Crippen LogP contribution in [-0.4, -0.2) is 22.1 Å². The van der Waals surface area contributed by atoms with Crippen LogP contribution in [0.3, 0.4) is 0 Å². The van der Waals surface area contributed by atoms with Gasteiger partial charge in [0.2, 0.25) is 0 Å². The fourth-order valence-electron chi connectivity index (χ4n) is 3.00. The van der Waals surface area contributed by atoms with E-state index in [0.29, 0.717) is 45.3 Å². The average Bonchev–Trinajstić information content (AvgIpc) is 2.66. The van der Waals surface area contributed by atoms with Crippen molar-refractivity contribution >= 4 is 22.5 Å². The Labute approximate surface area is 148 Å². The molecule has 3 N–H and O–H groups in total. The lowest BCUT2D eigenvalue weighted by Crippen LogP contribution is -2.47. The maximum Gasteiger partial charge on any atom is 0.267 e. The van der Waals surface area contributed by atoms with Crippen LogP contribution in [0.5, 0.6) is 11.5 Å². The van der Waals surface area contributed by atoms with E-state index in [4.69, 9.17) is 15.7 Å². The predicted octanol–water partition coefficient (Wildman–Crippen LogP) is 2.50. The average molecular weight is 346 g/mol. The summed E-state index contributed by atoms with van der Waals surface area (Å²) in [5, 5.41) is 20.3. The number of ether oxygens (including phenoxy) is 1. The fourth-order valence-corrected chi connectivity index (χ4v) is 3.00. The molecule has 1 aliphatic heterocycles. The molecule has 4 rings (SSSR count). The lowest BCUT2D eigenvalue weighted by Gasteiger charge is -2.27. The minimum Gasteiger partial charge on any atom is -0.457 e. The number of anilines is 1. The number of hydrogen-bond acceptors (Lipinski definition) is 6. The number of nitrogens with two attached hydrogens (primary N) is 1. The highest BCUT2D eigenvalue weighted by Gasteiger charge is 2.29. The molecule has 0 bridgehead atoms. The molecule has 2 heterocycles. The summed E-state index contributed by atoms with van der Waals surface area (Å²) >= 11 is 0. The summed E-state index contributed by atoms with van der Waals surface area (Å²) in [6.45, 7) is 0. The molecule has 0 spiro atoms. The highest BCUT2D eigenvalue weighted by atomic mass is 16.5. The van der Waals surface area contributed by atoms with Crippen LogP contribution in [0, 0.1) is 11.3 Å². The Balaban J connectivity index is 1.73. The molecule has 0 aliphatic carbocycles. The summed E-state index contributed by atoms with van der Waals surface area (Å²) in [5.41, 5.74) is 8.11. The summed E-state index contributed by atoms with van der Waals surface area (Å²) in [5.74, 6) is 0.563. The third kappa shape index (κ3) is 2.63. The second kappa shape index (κ2) is 6.11. The molecule has 26 heavy (non-hydrogen) atoms. The molecule has 128 valence electrons. The molecular formula is C19H14N4O3. The van der Waals surface area contributed by atoms with Gasteiger partial charge in [0.1, 0.15) is 11.5 Å². The van der Waals surface area contributed by atoms with E-state index in [1.807, 2.05) is 0 Å². The second-order valence-corrected chi connectivity index (χ2v) is 6.01. The normalized spacial score (nSPS) is 16.3. The van der Waals surface area contributed by atoms with E-state index in [9.17, 15) is 10.0 Å². The minimum atomic E-state index is -0.789. The zero-order valence-corrected chi connectivity index (χ0v) is 13.6. The van der Waals surface area contributed by atoms with E-state index >= 15 is 0 Å². The molecule has 1 aromatic heterocycles. The molecule has 0 saturated heterocycles. The number of aromatic nitrogens is 1. The van der Waals surface area contributed by atoms with Crippen LogP contribution < -0.4 is 15.5 Å². The van der Waals surface area contributed by atoms with Crippen LogP contribution in [-0.2, 0) is 11.2 Å². The topological polar surface area (TPSA) is 112 Å². The molecule has 7 heteroatoms. The number of nitrogens with zero attached hydrogens (tertiary/aromatic N) is 3. The van der Waals surface area contributed by atoms with Gasteiger partial charge in [0, 0.05) is 11.6 Å². The molecule has 1 aliphatic rings. The van der Waals surface area contributed by atoms with Gasteiger partial charge in [0.05, 0.1) is 28.9 Å². The number of rotatable bonds is 2. The summed E-state index contributed by atoms with van der Waals surface area (Å²) in [7, 11) is 0. The maximum absolute atomic E-state index is 11.8. The largest absolute Gasteiger partial charge is 0.457 e. The van der Waals surface area contributed by atoms with Gasteiger partial charge in [-0.3, -0.25) is 15.0 Å². The first-order valence-electron chi connectivity index (χ1n) is 7.95. The number of pyridine rings is 1. The molecule has 1 unspecified atom stereocenters. The highest BCUT2D eigenvalue weighted by Crippen LogP contribution is 2.34. The van der Waals surface area contributed by atoms with Gasteiger partial charge in [0.15, 0.2) is 0 Å². The maximum atomic E-state index is 11.8. The Kier molecular flexibility index (Phi) is 3.77. The Hall–Kier alpha value is -3.47. The van der Waals surface area contributed by atoms with Crippen LogP contribution in [0.15, 0.2) is 48.7 Å². The standard InChI is InChI=1S/C19H14N4O3/c20-10-11-1-3-16-14(7-11)18(5-6-22-16)26-13-2-4-17-12(8-13)9-15(21)19(24)23(17)25/h1-8,15,25H,9,21H2. The molecule has 0 radical (unpaired) electrons. The third-order valence-corrected chi connectivity index (χ3v) is 4.30. The van der Waals surface area contributed by atoms with E-state index in [2.05, 4.69) is 11.1 Å². The Morgan fingerprint density at radius 3 is 2.92 bits per heavy atom. The summed E-state index contributed by atoms with van der Waals surface area (Å²) in [4.78, 5) is 16.0. The molecule has 1 atom stereocenters. The molecule has 0 saturated carbocycles. The van der Waals surface area contributed by atoms with E-state index < -0.39 is 11.9 Å². The van der Waals surface area contributed by atoms with Gasteiger partial charge in [-0.05, 0) is 54.4 Å². The van der Waals surface area contributed by atoms with Gasteiger partial charge in [-0.2, -0.15) is 10.3 Å². The van der Waals surface area contributed by atoms with Crippen molar-refractivity contribution in [2.45, 2.75) is 12.5 Å². The van der Waals surface area contributed by atoms with Gasteiger partial charge in [-0.25, -0.2) is 0 Å². The smallest absolute Gasteiger partial charge is 0.267 e. The van der Waals surface area contributed by atoms with Crippen LogP contribution in [0.2, 0.25) is 0 Å². The van der Waals surface area contributed by atoms with E-state index in [0.717, 1.165) is 5.39 Å². The lowest BCUT2D eigenvalue weighted by atomic mass is 9.99. The fraction of sp³-hybridized carbons (Fsp3) is 0.105. The van der Waals surface area contributed by atoms with Crippen LogP contribution in [0.25, 0.3) is 10.9 Å². The monoisotopic (exact) mass is 346 g/mol. The number of hydroxylamine groups is 1. The van der Waals surface area contributed by atoms with E-state index in [-0.39, 0.29) is 0 Å². The van der Waals surface area contributed by atoms with Crippen molar-refractivity contribution in [3.63, 3.8) is 0 Å². The number of carbonyl (C=O) groups is 1. The highest BCUT2D eigenvalue weighted by molar-refractivity contribution is 5.98. The third-order valence-electron chi connectivity index (χ3n) is 4.30. The zero-order chi connectivity index (χ0) is 18.3. The van der Waals surface area contributed by atoms with Gasteiger partial charge >= 0.3 is 0 Å². The molecule has 7 nitrogen and oxygen atoms in total. The van der Waals surface area contributed by atoms with Crippen molar-refractivity contribution in [2.75, 3.05) is 5.06 Å². The SMILES string of the molecule is N#Cc1ccc2nccc(Oc3ccc4c(c3)CC(N)C(=O)N4O)c2c1. The van der Waals surface area contributed by atoms with Crippen molar-refractivity contribution in [1.29, 1.82) is 5.26 Å². The first-order valence-corrected chi connectivity index (χ1v) is 7.95. The Morgan fingerprint density at radius 2 is 2.12 bits per heavy atom. The summed E-state index contributed by atoms with van der Waals surface area (Å²) in [6.07, 6.45) is 1.95. The number of benzene rings is 2. The summed E-state index contributed by atoms with van der Waals surface area (Å²) < 4.78 is 5.98. The van der Waals surface area contributed by atoms with Crippen molar-refractivity contribution < 1.29 is 14.7 Å². The van der Waals surface area contributed by atoms with Gasteiger partial charge in [0.25, 0.3) is 5.91 Å². The molecule has 2 aromatic carbocycles. The minimum absolute atomic E-state index is 0.318. The van der Waals surface area contributed by atoms with E-state index in [1.54, 1.807) is 48.7 Å². The van der Waals surface area contributed by atoms with Crippen LogP contribution >= 0.6 is 0 Å². The van der Waals surface area contributed by atoms with Crippen LogP contribution in [0.1, 0.15) is 11.1 Å². The Bertz CT molecular complexity index is 1070. The summed E-state index contributed by atoms with van der Waals surface area (Å²) in [6, 6.07) is 13.2. The number of carbonyl (C=O) groups excluding carboxylic acids is 1.